The number of alkyl halides is 6. The highest BCUT2D eigenvalue weighted by Crippen LogP contribution is 2.39. The predicted molar refractivity (Wildman–Crippen MR) is 47.0 cm³/mol. The van der Waals surface area contributed by atoms with Crippen molar-refractivity contribution in [3.8, 4) is 0 Å². The Labute approximate surface area is 89.6 Å². The van der Waals surface area contributed by atoms with Crippen LogP contribution in [0.1, 0.15) is 0 Å². The molecule has 0 bridgehead atoms. The fourth-order valence-corrected chi connectivity index (χ4v) is 1.10. The molecule has 0 aliphatic carbocycles. The van der Waals surface area contributed by atoms with Crippen molar-refractivity contribution in [3.63, 3.8) is 0 Å². The van der Waals surface area contributed by atoms with E-state index in [2.05, 4.69) is 5.32 Å². The van der Waals surface area contributed by atoms with Crippen molar-refractivity contribution in [1.82, 2.24) is 10.2 Å². The quantitative estimate of drug-likeness (QED) is 0.751. The van der Waals surface area contributed by atoms with Crippen LogP contribution in [0.2, 0.25) is 0 Å². The molecule has 16 heavy (non-hydrogen) atoms. The smallest absolute Gasteiger partial charge is 0.318 e. The fraction of sp³-hybridized carbons (Fsp3) is 1.00. The van der Waals surface area contributed by atoms with Gasteiger partial charge >= 0.3 is 12.4 Å². The van der Waals surface area contributed by atoms with E-state index in [0.717, 1.165) is 4.90 Å². The van der Waals surface area contributed by atoms with Crippen molar-refractivity contribution >= 4 is 0 Å². The molecule has 0 aromatic heterocycles. The maximum Gasteiger partial charge on any atom is 0.401 e. The number of nitrogens with zero attached hydrogens (tertiary/aromatic N) is 1. The molecule has 0 fully saturated rings. The van der Waals surface area contributed by atoms with E-state index in [4.69, 9.17) is 0 Å². The normalized spacial score (nSPS) is 13.9. The topological polar surface area (TPSA) is 15.3 Å². The van der Waals surface area contributed by atoms with Crippen LogP contribution in [-0.4, -0.2) is 51.0 Å². The Hall–Kier alpha value is -0.500. The van der Waals surface area contributed by atoms with Gasteiger partial charge in [-0.3, -0.25) is 0 Å². The first kappa shape index (κ1) is 15.5. The van der Waals surface area contributed by atoms with Crippen LogP contribution in [0.3, 0.4) is 0 Å². The lowest BCUT2D eigenvalue weighted by Crippen LogP contribution is -2.45. The lowest BCUT2D eigenvalue weighted by atomic mass is 10.1. The SMILES string of the molecule is CNCCN(C)CC(C(F)(F)F)C(F)(F)F. The zero-order valence-electron chi connectivity index (χ0n) is 8.91. The average molecular weight is 252 g/mol. The number of hydrogen-bond acceptors (Lipinski definition) is 2. The molecule has 0 aliphatic heterocycles. The molecule has 1 N–H and O–H groups in total. The third-order valence-corrected chi connectivity index (χ3v) is 2.03. The highest BCUT2D eigenvalue weighted by Gasteiger charge is 2.56. The molecule has 0 aromatic carbocycles. The molecule has 0 aromatic rings. The summed E-state index contributed by atoms with van der Waals surface area (Å²) in [6.45, 7) is -0.618. The number of rotatable bonds is 5. The molecular formula is C8H14F6N2. The van der Waals surface area contributed by atoms with E-state index >= 15 is 0 Å². The number of halogens is 6. The van der Waals surface area contributed by atoms with Crippen LogP contribution in [0.4, 0.5) is 26.3 Å². The maximum atomic E-state index is 12.1. The summed E-state index contributed by atoms with van der Waals surface area (Å²) in [4.78, 5) is 1.00. The molecule has 0 spiro atoms. The molecule has 98 valence electrons. The molecule has 0 radical (unpaired) electrons. The summed E-state index contributed by atoms with van der Waals surface area (Å²) in [6.07, 6.45) is -10.5. The van der Waals surface area contributed by atoms with E-state index in [1.54, 1.807) is 7.05 Å². The van der Waals surface area contributed by atoms with Gasteiger partial charge in [0, 0.05) is 19.6 Å². The predicted octanol–water partition coefficient (Wildman–Crippen LogP) is 1.88. The van der Waals surface area contributed by atoms with E-state index in [1.165, 1.54) is 7.05 Å². The van der Waals surface area contributed by atoms with E-state index in [1.807, 2.05) is 0 Å². The van der Waals surface area contributed by atoms with Gasteiger partial charge in [-0.05, 0) is 14.1 Å². The van der Waals surface area contributed by atoms with Crippen LogP contribution in [0.25, 0.3) is 0 Å². The molecule has 0 heterocycles. The molecule has 0 amide bonds. The molecular weight excluding hydrogens is 238 g/mol. The second kappa shape index (κ2) is 5.72. The summed E-state index contributed by atoms with van der Waals surface area (Å²) in [5, 5.41) is 2.65. The summed E-state index contributed by atoms with van der Waals surface area (Å²) >= 11 is 0. The molecule has 0 saturated carbocycles. The highest BCUT2D eigenvalue weighted by atomic mass is 19.4. The summed E-state index contributed by atoms with van der Waals surface area (Å²) in [6, 6.07) is 0. The summed E-state index contributed by atoms with van der Waals surface area (Å²) < 4.78 is 72.8. The number of nitrogens with one attached hydrogen (secondary N) is 1. The Morgan fingerprint density at radius 3 is 1.81 bits per heavy atom. The van der Waals surface area contributed by atoms with Gasteiger partial charge in [0.05, 0.1) is 0 Å². The largest absolute Gasteiger partial charge is 0.401 e. The average Bonchev–Trinajstić information content (AvgIpc) is 2.07. The Bertz CT molecular complexity index is 186. The van der Waals surface area contributed by atoms with Gasteiger partial charge in [0.25, 0.3) is 0 Å². The van der Waals surface area contributed by atoms with Crippen LogP contribution in [0, 0.1) is 5.92 Å². The molecule has 0 rings (SSSR count). The molecule has 0 unspecified atom stereocenters. The minimum Gasteiger partial charge on any atom is -0.318 e. The third kappa shape index (κ3) is 5.55. The van der Waals surface area contributed by atoms with Gasteiger partial charge in [-0.1, -0.05) is 0 Å². The van der Waals surface area contributed by atoms with Crippen LogP contribution in [0.15, 0.2) is 0 Å². The highest BCUT2D eigenvalue weighted by molar-refractivity contribution is 4.78. The first-order valence-corrected chi connectivity index (χ1v) is 4.55. The van der Waals surface area contributed by atoms with E-state index < -0.39 is 24.8 Å². The zero-order chi connectivity index (χ0) is 13.0. The fourth-order valence-electron chi connectivity index (χ4n) is 1.10. The Morgan fingerprint density at radius 2 is 1.50 bits per heavy atom. The van der Waals surface area contributed by atoms with Crippen LogP contribution < -0.4 is 5.32 Å². The first-order chi connectivity index (χ1) is 7.09. The molecule has 0 aliphatic rings. The van der Waals surface area contributed by atoms with E-state index in [0.29, 0.717) is 6.54 Å². The molecule has 8 heteroatoms. The zero-order valence-corrected chi connectivity index (χ0v) is 8.91. The van der Waals surface area contributed by atoms with Gasteiger partial charge in [-0.15, -0.1) is 0 Å². The summed E-state index contributed by atoms with van der Waals surface area (Å²) in [7, 11) is 2.79. The van der Waals surface area contributed by atoms with Crippen molar-refractivity contribution in [2.45, 2.75) is 12.4 Å². The first-order valence-electron chi connectivity index (χ1n) is 4.55. The minimum absolute atomic E-state index is 0.124. The second-order valence-corrected chi connectivity index (χ2v) is 3.50. The van der Waals surface area contributed by atoms with Crippen LogP contribution in [0.5, 0.6) is 0 Å². The van der Waals surface area contributed by atoms with Crippen LogP contribution in [-0.2, 0) is 0 Å². The molecule has 0 saturated heterocycles. The van der Waals surface area contributed by atoms with Crippen LogP contribution >= 0.6 is 0 Å². The standard InChI is InChI=1S/C8H14F6N2/c1-15-3-4-16(2)5-6(7(9,10)11)8(12,13)14/h6,15H,3-5H2,1-2H3. The minimum atomic E-state index is -5.26. The van der Waals surface area contributed by atoms with Gasteiger partial charge in [-0.2, -0.15) is 26.3 Å². The lowest BCUT2D eigenvalue weighted by molar-refractivity contribution is -0.286. The van der Waals surface area contributed by atoms with Crippen molar-refractivity contribution in [3.05, 3.63) is 0 Å². The van der Waals surface area contributed by atoms with Crippen molar-refractivity contribution in [2.24, 2.45) is 5.92 Å². The Morgan fingerprint density at radius 1 is 1.06 bits per heavy atom. The molecule has 2 nitrogen and oxygen atoms in total. The number of hydrogen-bond donors (Lipinski definition) is 1. The van der Waals surface area contributed by atoms with Gasteiger partial charge in [0.1, 0.15) is 0 Å². The summed E-state index contributed by atoms with van der Waals surface area (Å²) in [5.41, 5.74) is 0. The molecule has 0 atom stereocenters. The second-order valence-electron chi connectivity index (χ2n) is 3.50. The third-order valence-electron chi connectivity index (χ3n) is 2.03. The van der Waals surface area contributed by atoms with Crippen molar-refractivity contribution in [1.29, 1.82) is 0 Å². The summed E-state index contributed by atoms with van der Waals surface area (Å²) in [5.74, 6) is -3.29. The maximum absolute atomic E-state index is 12.1. The van der Waals surface area contributed by atoms with Crippen molar-refractivity contribution in [2.75, 3.05) is 33.7 Å². The van der Waals surface area contributed by atoms with E-state index in [9.17, 15) is 26.3 Å². The van der Waals surface area contributed by atoms with E-state index in [-0.39, 0.29) is 6.54 Å². The van der Waals surface area contributed by atoms with Gasteiger partial charge in [0.15, 0.2) is 5.92 Å². The lowest BCUT2D eigenvalue weighted by Gasteiger charge is -2.27. The Balaban J connectivity index is 4.45. The van der Waals surface area contributed by atoms with Crippen molar-refractivity contribution < 1.29 is 26.3 Å². The Kier molecular flexibility index (Phi) is 5.54. The monoisotopic (exact) mass is 252 g/mol. The van der Waals surface area contributed by atoms with Gasteiger partial charge in [-0.25, -0.2) is 0 Å². The van der Waals surface area contributed by atoms with Gasteiger partial charge in [0.2, 0.25) is 0 Å². The number of likely N-dealkylation sites (N-methyl/N-ethyl adjacent to an activating group) is 2. The van der Waals surface area contributed by atoms with Gasteiger partial charge < -0.3 is 10.2 Å².